The lowest BCUT2D eigenvalue weighted by atomic mass is 9.79. The monoisotopic (exact) mass is 831 g/mol. The summed E-state index contributed by atoms with van der Waals surface area (Å²) in [6.07, 6.45) is 0. The van der Waals surface area contributed by atoms with E-state index in [0.717, 1.165) is 17.1 Å². The van der Waals surface area contributed by atoms with Gasteiger partial charge < -0.3 is 4.90 Å². The van der Waals surface area contributed by atoms with Crippen molar-refractivity contribution in [2.24, 2.45) is 0 Å². The molecule has 10 aromatic carbocycles. The van der Waals surface area contributed by atoms with E-state index in [9.17, 15) is 0 Å². The van der Waals surface area contributed by atoms with Gasteiger partial charge in [0.1, 0.15) is 0 Å². The lowest BCUT2D eigenvalue weighted by Gasteiger charge is -2.29. The second-order valence-corrected chi connectivity index (χ2v) is 18.9. The van der Waals surface area contributed by atoms with Crippen LogP contribution >= 0.6 is 0 Å². The average molecular weight is 832 g/mol. The molecule has 0 unspecified atom stereocenters. The van der Waals surface area contributed by atoms with Gasteiger partial charge >= 0.3 is 0 Å². The van der Waals surface area contributed by atoms with Crippen molar-refractivity contribution in [2.45, 2.75) is 38.5 Å². The van der Waals surface area contributed by atoms with Crippen LogP contribution in [0, 0.1) is 0 Å². The number of hydrogen-bond acceptors (Lipinski definition) is 1. The Balaban J connectivity index is 1.00. The van der Waals surface area contributed by atoms with Crippen molar-refractivity contribution in [3.05, 3.63) is 247 Å². The Morgan fingerprint density at radius 2 is 0.769 bits per heavy atom. The number of benzene rings is 10. The molecule has 0 aromatic heterocycles. The molecule has 1 nitrogen and oxygen atoms in total. The quantitative estimate of drug-likeness (QED) is 0.155. The zero-order valence-electron chi connectivity index (χ0n) is 37.3. The highest BCUT2D eigenvalue weighted by molar-refractivity contribution is 6.09. The van der Waals surface area contributed by atoms with Gasteiger partial charge in [-0.1, -0.05) is 216 Å². The lowest BCUT2D eigenvalue weighted by Crippen LogP contribution is -2.16. The van der Waals surface area contributed by atoms with Crippen LogP contribution in [-0.4, -0.2) is 0 Å². The van der Waals surface area contributed by atoms with Crippen LogP contribution in [0.4, 0.5) is 17.1 Å². The van der Waals surface area contributed by atoms with E-state index in [0.29, 0.717) is 0 Å². The molecular formula is C64H49N. The Morgan fingerprint density at radius 3 is 1.48 bits per heavy atom. The van der Waals surface area contributed by atoms with Crippen LogP contribution < -0.4 is 4.90 Å². The van der Waals surface area contributed by atoms with E-state index in [4.69, 9.17) is 0 Å². The third kappa shape index (κ3) is 6.14. The van der Waals surface area contributed by atoms with Crippen LogP contribution in [0.1, 0.15) is 49.9 Å². The topological polar surface area (TPSA) is 3.24 Å². The maximum atomic E-state index is 2.45. The van der Waals surface area contributed by atoms with Crippen LogP contribution in [0.25, 0.3) is 77.5 Å². The normalized spacial score (nSPS) is 13.8. The Labute approximate surface area is 383 Å². The van der Waals surface area contributed by atoms with Gasteiger partial charge in [-0.2, -0.15) is 0 Å². The highest BCUT2D eigenvalue weighted by Crippen LogP contribution is 2.53. The van der Waals surface area contributed by atoms with Gasteiger partial charge in [0.2, 0.25) is 0 Å². The van der Waals surface area contributed by atoms with Gasteiger partial charge in [0.05, 0.1) is 5.69 Å². The molecule has 0 saturated carbocycles. The van der Waals surface area contributed by atoms with Gasteiger partial charge in [0.15, 0.2) is 0 Å². The van der Waals surface area contributed by atoms with Gasteiger partial charge in [-0.3, -0.25) is 0 Å². The van der Waals surface area contributed by atoms with Crippen molar-refractivity contribution < 1.29 is 0 Å². The van der Waals surface area contributed by atoms with Crippen molar-refractivity contribution in [1.29, 1.82) is 0 Å². The molecule has 0 bridgehead atoms. The first kappa shape index (κ1) is 38.9. The summed E-state index contributed by atoms with van der Waals surface area (Å²) in [6, 6.07) is 83.2. The van der Waals surface area contributed by atoms with E-state index in [1.54, 1.807) is 0 Å². The van der Waals surface area contributed by atoms with E-state index in [2.05, 4.69) is 257 Å². The molecule has 0 heterocycles. The lowest BCUT2D eigenvalue weighted by molar-refractivity contribution is 0.660. The van der Waals surface area contributed by atoms with Gasteiger partial charge in [-0.05, 0) is 131 Å². The summed E-state index contributed by atoms with van der Waals surface area (Å²) in [5.41, 5.74) is 23.9. The summed E-state index contributed by atoms with van der Waals surface area (Å²) >= 11 is 0. The highest BCUT2D eigenvalue weighted by Gasteiger charge is 2.38. The van der Waals surface area contributed by atoms with Gasteiger partial charge in [-0.15, -0.1) is 0 Å². The maximum Gasteiger partial charge on any atom is 0.0540 e. The average Bonchev–Trinajstić information content (AvgIpc) is 3.74. The number of rotatable bonds is 7. The zero-order chi connectivity index (χ0) is 43.9. The molecule has 1 heteroatoms. The van der Waals surface area contributed by atoms with Crippen molar-refractivity contribution >= 4 is 27.8 Å². The second kappa shape index (κ2) is 14.9. The molecule has 310 valence electrons. The van der Waals surface area contributed by atoms with Crippen molar-refractivity contribution in [1.82, 2.24) is 0 Å². The molecule has 0 fully saturated rings. The van der Waals surface area contributed by atoms with Crippen LogP contribution in [0.15, 0.2) is 224 Å². The molecule has 10 aromatic rings. The number of nitrogens with zero attached hydrogens (tertiary/aromatic N) is 1. The molecule has 0 aliphatic heterocycles. The number of fused-ring (bicyclic) bond motifs is 7. The van der Waals surface area contributed by atoms with Crippen LogP contribution in [-0.2, 0) is 10.8 Å². The smallest absolute Gasteiger partial charge is 0.0540 e. The minimum absolute atomic E-state index is 0.0594. The summed E-state index contributed by atoms with van der Waals surface area (Å²) in [6.45, 7) is 9.46. The fourth-order valence-electron chi connectivity index (χ4n) is 11.3. The molecule has 12 rings (SSSR count). The minimum atomic E-state index is -0.108. The van der Waals surface area contributed by atoms with Gasteiger partial charge in [0, 0.05) is 27.8 Å². The summed E-state index contributed by atoms with van der Waals surface area (Å²) in [4.78, 5) is 2.45. The van der Waals surface area contributed by atoms with E-state index in [1.807, 2.05) is 0 Å². The standard InChI is InChI=1S/C64H49N/c1-63(2)57-28-11-8-21-51(57)53-40-35-46(41-59(53)63)42-31-36-47(37-32-42)65(48-38-33-44(34-39-48)50-25-16-27-56-52-22-9-12-29-58(52)64(3,4)62(50)56)60-30-13-10-23-54(60)55-26-15-20-45-19-14-24-49(61(45)55)43-17-6-5-7-18-43/h5-41H,1-4H3. The van der Waals surface area contributed by atoms with Crippen molar-refractivity contribution in [2.75, 3.05) is 4.90 Å². The third-order valence-electron chi connectivity index (χ3n) is 14.5. The molecule has 2 aliphatic carbocycles. The van der Waals surface area contributed by atoms with E-state index < -0.39 is 0 Å². The molecule has 0 spiro atoms. The third-order valence-corrected chi connectivity index (χ3v) is 14.5. The minimum Gasteiger partial charge on any atom is -0.310 e. The molecule has 2 aliphatic rings. The Hall–Kier alpha value is -7.74. The Morgan fingerprint density at radius 1 is 0.292 bits per heavy atom. The predicted molar refractivity (Wildman–Crippen MR) is 276 cm³/mol. The predicted octanol–water partition coefficient (Wildman–Crippen LogP) is 17.6. The van der Waals surface area contributed by atoms with Crippen LogP contribution in [0.5, 0.6) is 0 Å². The molecule has 0 atom stereocenters. The number of anilines is 3. The fourth-order valence-corrected chi connectivity index (χ4v) is 11.3. The van der Waals surface area contributed by atoms with Gasteiger partial charge in [0.25, 0.3) is 0 Å². The molecule has 0 radical (unpaired) electrons. The summed E-state index contributed by atoms with van der Waals surface area (Å²) in [5.74, 6) is 0. The largest absolute Gasteiger partial charge is 0.310 e. The number of hydrogen-bond donors (Lipinski definition) is 0. The highest BCUT2D eigenvalue weighted by atomic mass is 15.1. The first-order valence-electron chi connectivity index (χ1n) is 22.9. The van der Waals surface area contributed by atoms with Crippen molar-refractivity contribution in [3.8, 4) is 66.8 Å². The van der Waals surface area contributed by atoms with E-state index >= 15 is 0 Å². The molecular weight excluding hydrogens is 783 g/mol. The number of para-hydroxylation sites is 1. The SMILES string of the molecule is CC1(C)c2ccccc2-c2ccc(-c3ccc(N(c4ccc(-c5cccc6c5C(C)(C)c5ccccc5-6)cc4)c4ccccc4-c4cccc5cccc(-c6ccccc6)c45)cc3)cc21. The van der Waals surface area contributed by atoms with Crippen LogP contribution in [0.2, 0.25) is 0 Å². The van der Waals surface area contributed by atoms with Crippen molar-refractivity contribution in [3.63, 3.8) is 0 Å². The fraction of sp³-hybridized carbons (Fsp3) is 0.0938. The Bertz CT molecular complexity index is 3460. The summed E-state index contributed by atoms with van der Waals surface area (Å²) < 4.78 is 0. The van der Waals surface area contributed by atoms with E-state index in [-0.39, 0.29) is 10.8 Å². The summed E-state index contributed by atoms with van der Waals surface area (Å²) in [7, 11) is 0. The first-order valence-corrected chi connectivity index (χ1v) is 22.9. The molecule has 0 amide bonds. The molecule has 0 saturated heterocycles. The van der Waals surface area contributed by atoms with E-state index in [1.165, 1.54) is 99.8 Å². The molecule has 0 N–H and O–H groups in total. The Kier molecular flexibility index (Phi) is 8.94. The zero-order valence-corrected chi connectivity index (χ0v) is 37.3. The van der Waals surface area contributed by atoms with Crippen LogP contribution in [0.3, 0.4) is 0 Å². The second-order valence-electron chi connectivity index (χ2n) is 18.9. The maximum absolute atomic E-state index is 2.45. The first-order chi connectivity index (χ1) is 31.8. The summed E-state index contributed by atoms with van der Waals surface area (Å²) in [5, 5.41) is 2.47. The van der Waals surface area contributed by atoms with Gasteiger partial charge in [-0.25, -0.2) is 0 Å². The molecule has 65 heavy (non-hydrogen) atoms.